The highest BCUT2D eigenvalue weighted by atomic mass is 35.5. The van der Waals surface area contributed by atoms with Gasteiger partial charge in [-0.05, 0) is 42.5 Å². The Morgan fingerprint density at radius 1 is 1.19 bits per heavy atom. The second-order valence-electron chi connectivity index (χ2n) is 5.42. The number of methoxy groups -OCH3 is 1. The van der Waals surface area contributed by atoms with E-state index in [1.54, 1.807) is 36.4 Å². The number of rotatable bonds is 6. The van der Waals surface area contributed by atoms with E-state index < -0.39 is 11.8 Å². The van der Waals surface area contributed by atoms with Crippen LogP contribution in [0.15, 0.2) is 42.5 Å². The minimum absolute atomic E-state index is 0.0843. The lowest BCUT2D eigenvalue weighted by molar-refractivity contribution is 0.0683. The third-order valence-corrected chi connectivity index (χ3v) is 4.24. The van der Waals surface area contributed by atoms with E-state index in [0.29, 0.717) is 22.0 Å². The van der Waals surface area contributed by atoms with Gasteiger partial charge in [0, 0.05) is 16.1 Å². The van der Waals surface area contributed by atoms with E-state index in [9.17, 15) is 9.59 Å². The molecule has 7 nitrogen and oxygen atoms in total. The molecule has 0 amide bonds. The maximum atomic E-state index is 13.0. The number of ketones is 1. The first-order valence-electron chi connectivity index (χ1n) is 7.68. The molecule has 9 heteroatoms. The van der Waals surface area contributed by atoms with Crippen LogP contribution in [0, 0.1) is 0 Å². The van der Waals surface area contributed by atoms with Crippen molar-refractivity contribution in [1.82, 2.24) is 14.8 Å². The van der Waals surface area contributed by atoms with Gasteiger partial charge in [-0.3, -0.25) is 4.79 Å². The van der Waals surface area contributed by atoms with Crippen LogP contribution in [0.25, 0.3) is 5.69 Å². The van der Waals surface area contributed by atoms with Crippen molar-refractivity contribution in [3.63, 3.8) is 0 Å². The van der Waals surface area contributed by atoms with Crippen LogP contribution in [0.3, 0.4) is 0 Å². The van der Waals surface area contributed by atoms with Crippen LogP contribution in [0.2, 0.25) is 5.02 Å². The molecular formula is C18H13Cl2N3O4. The number of halogens is 2. The van der Waals surface area contributed by atoms with Gasteiger partial charge in [0.1, 0.15) is 11.6 Å². The normalized spacial score (nSPS) is 10.6. The monoisotopic (exact) mass is 405 g/mol. The van der Waals surface area contributed by atoms with Crippen LogP contribution in [-0.4, -0.2) is 38.7 Å². The van der Waals surface area contributed by atoms with Crippen LogP contribution in [0.5, 0.6) is 5.75 Å². The van der Waals surface area contributed by atoms with E-state index in [1.807, 2.05) is 0 Å². The van der Waals surface area contributed by atoms with E-state index in [-0.39, 0.29) is 23.1 Å². The average molecular weight is 406 g/mol. The first-order valence-corrected chi connectivity index (χ1v) is 8.59. The number of benzene rings is 2. The molecule has 0 spiro atoms. The van der Waals surface area contributed by atoms with Gasteiger partial charge in [0.15, 0.2) is 5.78 Å². The number of hydrogen-bond acceptors (Lipinski definition) is 5. The summed E-state index contributed by atoms with van der Waals surface area (Å²) in [5.41, 5.74) is 0.974. The van der Waals surface area contributed by atoms with E-state index in [1.165, 1.54) is 17.9 Å². The van der Waals surface area contributed by atoms with Crippen molar-refractivity contribution in [1.29, 1.82) is 0 Å². The molecular weight excluding hydrogens is 393 g/mol. The molecule has 0 aliphatic rings. The fourth-order valence-corrected chi connectivity index (χ4v) is 2.83. The first kappa shape index (κ1) is 18.9. The summed E-state index contributed by atoms with van der Waals surface area (Å²) < 4.78 is 6.34. The number of hydrogen-bond donors (Lipinski definition) is 1. The lowest BCUT2D eigenvalue weighted by Crippen LogP contribution is -2.11. The molecule has 0 unspecified atom stereocenters. The molecule has 0 fully saturated rings. The van der Waals surface area contributed by atoms with Crippen molar-refractivity contribution >= 4 is 35.0 Å². The number of carbonyl (C=O) groups is 2. The van der Waals surface area contributed by atoms with Gasteiger partial charge in [0.05, 0.1) is 18.7 Å². The highest BCUT2D eigenvalue weighted by molar-refractivity contribution is 6.31. The maximum absolute atomic E-state index is 13.0. The summed E-state index contributed by atoms with van der Waals surface area (Å²) in [5, 5.41) is 13.4. The number of nitrogens with zero attached hydrogens (tertiary/aromatic N) is 3. The molecule has 1 aromatic heterocycles. The number of alkyl halides is 1. The molecule has 0 aliphatic heterocycles. The van der Waals surface area contributed by atoms with E-state index >= 15 is 0 Å². The summed E-state index contributed by atoms with van der Waals surface area (Å²) in [6.45, 7) is 0. The van der Waals surface area contributed by atoms with Crippen molar-refractivity contribution in [3.05, 3.63) is 70.3 Å². The van der Waals surface area contributed by atoms with Gasteiger partial charge in [-0.1, -0.05) is 11.6 Å². The van der Waals surface area contributed by atoms with Gasteiger partial charge in [-0.25, -0.2) is 14.5 Å². The van der Waals surface area contributed by atoms with Crippen LogP contribution >= 0.6 is 23.2 Å². The Labute approximate surface area is 164 Å². The standard InChI is InChI=1S/C18H13Cl2N3O4/c1-27-12-5-2-10(3-6-12)16(24)13-8-11(20)4-7-14(13)23-15(9-19)21-17(22-23)18(25)26/h2-8H,9H2,1H3,(H,25,26). The Balaban J connectivity index is 2.13. The summed E-state index contributed by atoms with van der Waals surface area (Å²) in [5.74, 6) is -1.30. The SMILES string of the molecule is COc1ccc(C(=O)c2cc(Cl)ccc2-n2nc(C(=O)O)nc2CCl)cc1. The molecule has 27 heavy (non-hydrogen) atoms. The van der Waals surface area contributed by atoms with Crippen LogP contribution in [0.4, 0.5) is 0 Å². The molecule has 0 saturated carbocycles. The van der Waals surface area contributed by atoms with Crippen molar-refractivity contribution in [3.8, 4) is 11.4 Å². The van der Waals surface area contributed by atoms with Gasteiger partial charge in [0.2, 0.25) is 0 Å². The second-order valence-corrected chi connectivity index (χ2v) is 6.13. The third kappa shape index (κ3) is 3.79. The van der Waals surface area contributed by atoms with Gasteiger partial charge in [-0.15, -0.1) is 16.7 Å². The number of aromatic carboxylic acids is 1. The lowest BCUT2D eigenvalue weighted by atomic mass is 10.0. The largest absolute Gasteiger partial charge is 0.497 e. The second kappa shape index (κ2) is 7.77. The number of carboxylic acids is 1. The molecule has 1 heterocycles. The molecule has 0 radical (unpaired) electrons. The maximum Gasteiger partial charge on any atom is 0.375 e. The Morgan fingerprint density at radius 3 is 2.48 bits per heavy atom. The summed E-state index contributed by atoms with van der Waals surface area (Å²) in [7, 11) is 1.53. The zero-order chi connectivity index (χ0) is 19.6. The predicted octanol–water partition coefficient (Wildman–Crippen LogP) is 3.60. The van der Waals surface area contributed by atoms with Gasteiger partial charge >= 0.3 is 5.97 Å². The molecule has 3 aromatic rings. The highest BCUT2D eigenvalue weighted by Gasteiger charge is 2.21. The minimum atomic E-state index is -1.29. The highest BCUT2D eigenvalue weighted by Crippen LogP contribution is 2.25. The fraction of sp³-hybridized carbons (Fsp3) is 0.111. The predicted molar refractivity (Wildman–Crippen MR) is 99.3 cm³/mol. The zero-order valence-electron chi connectivity index (χ0n) is 14.0. The number of carbonyl (C=O) groups excluding carboxylic acids is 1. The topological polar surface area (TPSA) is 94.3 Å². The summed E-state index contributed by atoms with van der Waals surface area (Å²) in [6, 6.07) is 11.2. The molecule has 0 saturated heterocycles. The van der Waals surface area contributed by atoms with Gasteiger partial charge in [0.25, 0.3) is 5.82 Å². The number of aromatic nitrogens is 3. The summed E-state index contributed by atoms with van der Waals surface area (Å²) >= 11 is 11.9. The number of carboxylic acid groups (broad SMARTS) is 1. The first-order chi connectivity index (χ1) is 12.9. The molecule has 138 valence electrons. The van der Waals surface area contributed by atoms with Gasteiger partial charge in [-0.2, -0.15) is 0 Å². The average Bonchev–Trinajstić information content (AvgIpc) is 3.12. The Bertz CT molecular complexity index is 1020. The smallest absolute Gasteiger partial charge is 0.375 e. The molecule has 3 rings (SSSR count). The van der Waals surface area contributed by atoms with Gasteiger partial charge < -0.3 is 9.84 Å². The van der Waals surface area contributed by atoms with Crippen LogP contribution in [-0.2, 0) is 5.88 Å². The van der Waals surface area contributed by atoms with Crippen LogP contribution in [0.1, 0.15) is 32.4 Å². The molecule has 0 aliphatic carbocycles. The molecule has 2 aromatic carbocycles. The Kier molecular flexibility index (Phi) is 5.43. The van der Waals surface area contributed by atoms with Crippen molar-refractivity contribution in [2.75, 3.05) is 7.11 Å². The Morgan fingerprint density at radius 2 is 1.89 bits per heavy atom. The van der Waals surface area contributed by atoms with Crippen LogP contribution < -0.4 is 4.74 Å². The Hall–Kier alpha value is -2.90. The minimum Gasteiger partial charge on any atom is -0.497 e. The van der Waals surface area contributed by atoms with E-state index in [2.05, 4.69) is 10.1 Å². The fourth-order valence-electron chi connectivity index (χ4n) is 2.49. The number of ether oxygens (including phenoxy) is 1. The molecule has 1 N–H and O–H groups in total. The lowest BCUT2D eigenvalue weighted by Gasteiger charge is -2.11. The molecule has 0 bridgehead atoms. The van der Waals surface area contributed by atoms with Crippen molar-refractivity contribution in [2.45, 2.75) is 5.88 Å². The van der Waals surface area contributed by atoms with Crippen molar-refractivity contribution < 1.29 is 19.4 Å². The quantitative estimate of drug-likeness (QED) is 0.497. The summed E-state index contributed by atoms with van der Waals surface area (Å²) in [4.78, 5) is 28.1. The summed E-state index contributed by atoms with van der Waals surface area (Å²) in [6.07, 6.45) is 0. The molecule has 0 atom stereocenters. The van der Waals surface area contributed by atoms with E-state index in [0.717, 1.165) is 0 Å². The van der Waals surface area contributed by atoms with Crippen molar-refractivity contribution in [2.24, 2.45) is 0 Å². The third-order valence-electron chi connectivity index (χ3n) is 3.77. The zero-order valence-corrected chi connectivity index (χ0v) is 15.5. The van der Waals surface area contributed by atoms with E-state index in [4.69, 9.17) is 33.0 Å².